The van der Waals surface area contributed by atoms with Crippen molar-refractivity contribution in [3.63, 3.8) is 0 Å². The molecule has 2 aromatic carbocycles. The molecule has 4 nitrogen and oxygen atoms in total. The van der Waals surface area contributed by atoms with E-state index in [4.69, 9.17) is 4.74 Å². The maximum absolute atomic E-state index is 13.2. The third-order valence-corrected chi connectivity index (χ3v) is 5.49. The summed E-state index contributed by atoms with van der Waals surface area (Å²) in [7, 11) is 1.61. The van der Waals surface area contributed by atoms with Gasteiger partial charge in [-0.25, -0.2) is 4.39 Å². The van der Waals surface area contributed by atoms with Crippen molar-refractivity contribution in [3.8, 4) is 5.75 Å². The summed E-state index contributed by atoms with van der Waals surface area (Å²) < 4.78 is 21.6. The Balaban J connectivity index is 1.60. The number of carbonyl (C=O) groups is 1. The van der Waals surface area contributed by atoms with Crippen LogP contribution in [0, 0.1) is 5.82 Å². The molecule has 0 aliphatic heterocycles. The number of hydrogen-bond acceptors (Lipinski definition) is 3. The largest absolute Gasteiger partial charge is 0.496 e. The number of aromatic nitrogens is 1. The highest BCUT2D eigenvalue weighted by atomic mass is 32.1. The number of ether oxygens (including phenoxy) is 1. The van der Waals surface area contributed by atoms with Crippen LogP contribution in [0.4, 0.5) is 4.39 Å². The summed E-state index contributed by atoms with van der Waals surface area (Å²) in [5.41, 5.74) is 3.43. The van der Waals surface area contributed by atoms with Gasteiger partial charge >= 0.3 is 0 Å². The molecule has 1 amide bonds. The van der Waals surface area contributed by atoms with Gasteiger partial charge in [0.25, 0.3) is 5.91 Å². The molecule has 0 bridgehead atoms. The van der Waals surface area contributed by atoms with Crippen LogP contribution < -0.4 is 10.1 Å². The summed E-state index contributed by atoms with van der Waals surface area (Å²) in [6.45, 7) is 0.871. The fourth-order valence-corrected chi connectivity index (χ4v) is 4.05. The molecule has 0 fully saturated rings. The number of halogens is 1. The number of nitrogens with zero attached hydrogens (tertiary/aromatic N) is 1. The van der Waals surface area contributed by atoms with Gasteiger partial charge in [-0.3, -0.25) is 4.79 Å². The molecule has 2 heterocycles. The second kappa shape index (κ2) is 7.86. The highest BCUT2D eigenvalue weighted by Gasteiger charge is 2.17. The third-order valence-electron chi connectivity index (χ3n) is 4.64. The number of carbonyl (C=O) groups excluding carboxylic acids is 1. The van der Waals surface area contributed by atoms with Gasteiger partial charge in [-0.2, -0.15) is 0 Å². The number of nitrogens with one attached hydrogen (secondary N) is 1. The number of benzene rings is 2. The average Bonchev–Trinajstić information content (AvgIpc) is 3.30. The second-order valence-electron chi connectivity index (χ2n) is 6.41. The molecule has 4 aromatic rings. The minimum atomic E-state index is -0.272. The SMILES string of the molecule is COc1ccccc1CNC(=O)c1cc2sccc2n1Cc1ccc(F)cc1. The van der Waals surface area contributed by atoms with Crippen molar-refractivity contribution >= 4 is 27.5 Å². The highest BCUT2D eigenvalue weighted by Crippen LogP contribution is 2.26. The minimum Gasteiger partial charge on any atom is -0.496 e. The number of amides is 1. The zero-order valence-corrected chi connectivity index (χ0v) is 16.1. The molecule has 0 radical (unpaired) electrons. The van der Waals surface area contributed by atoms with Crippen molar-refractivity contribution in [1.29, 1.82) is 0 Å². The van der Waals surface area contributed by atoms with Crippen molar-refractivity contribution in [3.05, 3.63) is 88.7 Å². The predicted octanol–water partition coefficient (Wildman–Crippen LogP) is 4.83. The zero-order valence-electron chi connectivity index (χ0n) is 15.3. The fraction of sp³-hybridized carbons (Fsp3) is 0.136. The number of methoxy groups -OCH3 is 1. The molecule has 142 valence electrons. The van der Waals surface area contributed by atoms with E-state index in [2.05, 4.69) is 5.32 Å². The van der Waals surface area contributed by atoms with Crippen LogP contribution in [-0.4, -0.2) is 17.6 Å². The van der Waals surface area contributed by atoms with Crippen LogP contribution >= 0.6 is 11.3 Å². The second-order valence-corrected chi connectivity index (χ2v) is 7.35. The normalized spacial score (nSPS) is 10.9. The Morgan fingerprint density at radius 3 is 2.71 bits per heavy atom. The molecule has 1 N–H and O–H groups in total. The van der Waals surface area contributed by atoms with Gasteiger partial charge in [-0.15, -0.1) is 11.3 Å². The van der Waals surface area contributed by atoms with E-state index in [0.717, 1.165) is 27.1 Å². The smallest absolute Gasteiger partial charge is 0.268 e. The molecule has 0 saturated carbocycles. The molecule has 4 rings (SSSR count). The Morgan fingerprint density at radius 2 is 1.93 bits per heavy atom. The quantitative estimate of drug-likeness (QED) is 0.509. The molecule has 2 aromatic heterocycles. The van der Waals surface area contributed by atoms with Crippen LogP contribution in [-0.2, 0) is 13.1 Å². The first-order chi connectivity index (χ1) is 13.7. The van der Waals surface area contributed by atoms with Gasteiger partial charge in [0.05, 0.1) is 17.3 Å². The average molecular weight is 394 g/mol. The van der Waals surface area contributed by atoms with Gasteiger partial charge in [0.1, 0.15) is 17.3 Å². The lowest BCUT2D eigenvalue weighted by molar-refractivity contribution is 0.0942. The van der Waals surface area contributed by atoms with Gasteiger partial charge in [-0.1, -0.05) is 30.3 Å². The van der Waals surface area contributed by atoms with Crippen LogP contribution in [0.2, 0.25) is 0 Å². The molecular weight excluding hydrogens is 375 g/mol. The van der Waals surface area contributed by atoms with Crippen molar-refractivity contribution in [2.75, 3.05) is 7.11 Å². The van der Waals surface area contributed by atoms with E-state index in [9.17, 15) is 9.18 Å². The molecule has 0 aliphatic carbocycles. The summed E-state index contributed by atoms with van der Waals surface area (Å²) in [6, 6.07) is 17.9. The van der Waals surface area contributed by atoms with E-state index in [1.54, 1.807) is 30.6 Å². The monoisotopic (exact) mass is 394 g/mol. The first-order valence-corrected chi connectivity index (χ1v) is 9.75. The molecule has 6 heteroatoms. The minimum absolute atomic E-state index is 0.156. The number of thiophene rings is 1. The molecule has 28 heavy (non-hydrogen) atoms. The first kappa shape index (κ1) is 18.3. The van der Waals surface area contributed by atoms with E-state index >= 15 is 0 Å². The first-order valence-electron chi connectivity index (χ1n) is 8.87. The van der Waals surface area contributed by atoms with Gasteiger partial charge in [0, 0.05) is 18.7 Å². The highest BCUT2D eigenvalue weighted by molar-refractivity contribution is 7.17. The molecule has 0 unspecified atom stereocenters. The summed E-state index contributed by atoms with van der Waals surface area (Å²) >= 11 is 1.59. The van der Waals surface area contributed by atoms with Crippen molar-refractivity contribution in [2.24, 2.45) is 0 Å². The third kappa shape index (κ3) is 3.64. The topological polar surface area (TPSA) is 43.3 Å². The molecule has 0 aliphatic rings. The van der Waals surface area contributed by atoms with Crippen LogP contribution in [0.1, 0.15) is 21.6 Å². The lowest BCUT2D eigenvalue weighted by Crippen LogP contribution is -2.25. The summed E-state index contributed by atoms with van der Waals surface area (Å²) in [6.07, 6.45) is 0. The number of para-hydroxylation sites is 1. The molecule has 0 atom stereocenters. The van der Waals surface area contributed by atoms with Crippen LogP contribution in [0.25, 0.3) is 10.2 Å². The lowest BCUT2D eigenvalue weighted by atomic mass is 10.2. The van der Waals surface area contributed by atoms with E-state index in [-0.39, 0.29) is 11.7 Å². The van der Waals surface area contributed by atoms with Crippen molar-refractivity contribution in [1.82, 2.24) is 9.88 Å². The molecule has 0 spiro atoms. The van der Waals surface area contributed by atoms with Crippen LogP contribution in [0.5, 0.6) is 5.75 Å². The summed E-state index contributed by atoms with van der Waals surface area (Å²) in [5, 5.41) is 4.98. The van der Waals surface area contributed by atoms with Crippen LogP contribution in [0.3, 0.4) is 0 Å². The van der Waals surface area contributed by atoms with Gasteiger partial charge in [0.2, 0.25) is 0 Å². The van der Waals surface area contributed by atoms with E-state index in [0.29, 0.717) is 18.8 Å². The molecular formula is C22H19FN2O2S. The lowest BCUT2D eigenvalue weighted by Gasteiger charge is -2.12. The number of hydrogen-bond donors (Lipinski definition) is 1. The standard InChI is InChI=1S/C22H19FN2O2S/c1-27-20-5-3-2-4-16(20)13-24-22(26)19-12-21-18(10-11-28-21)25(19)14-15-6-8-17(23)9-7-15/h2-12H,13-14H2,1H3,(H,24,26). The Hall–Kier alpha value is -3.12. The van der Waals surface area contributed by atoms with Crippen molar-refractivity contribution < 1.29 is 13.9 Å². The Labute approximate surface area is 166 Å². The number of fused-ring (bicyclic) bond motifs is 1. The maximum atomic E-state index is 13.2. The van der Waals surface area contributed by atoms with Crippen LogP contribution in [0.15, 0.2) is 66.0 Å². The Morgan fingerprint density at radius 1 is 1.14 bits per heavy atom. The van der Waals surface area contributed by atoms with E-state index in [1.165, 1.54) is 12.1 Å². The summed E-state index contributed by atoms with van der Waals surface area (Å²) in [4.78, 5) is 12.9. The predicted molar refractivity (Wildman–Crippen MR) is 109 cm³/mol. The Bertz CT molecular complexity index is 1120. The van der Waals surface area contributed by atoms with E-state index in [1.807, 2.05) is 46.3 Å². The fourth-order valence-electron chi connectivity index (χ4n) is 3.22. The van der Waals surface area contributed by atoms with Gasteiger partial charge < -0.3 is 14.6 Å². The zero-order chi connectivity index (χ0) is 19.5. The van der Waals surface area contributed by atoms with Gasteiger partial charge in [0.15, 0.2) is 0 Å². The Kier molecular flexibility index (Phi) is 5.12. The maximum Gasteiger partial charge on any atom is 0.268 e. The molecule has 0 saturated heterocycles. The number of rotatable bonds is 6. The summed E-state index contributed by atoms with van der Waals surface area (Å²) in [5.74, 6) is 0.314. The van der Waals surface area contributed by atoms with E-state index < -0.39 is 0 Å². The van der Waals surface area contributed by atoms with Gasteiger partial charge in [-0.05, 0) is 41.3 Å². The van der Waals surface area contributed by atoms with Crippen molar-refractivity contribution in [2.45, 2.75) is 13.1 Å².